The average molecular weight is 308 g/mol. The van der Waals surface area contributed by atoms with Gasteiger partial charge in [-0.1, -0.05) is 6.07 Å². The number of fused-ring (bicyclic) bond motifs is 1. The zero-order valence-corrected chi connectivity index (χ0v) is 12.2. The van der Waals surface area contributed by atoms with E-state index in [1.54, 1.807) is 18.2 Å². The lowest BCUT2D eigenvalue weighted by atomic mass is 10.1. The van der Waals surface area contributed by atoms with E-state index >= 15 is 0 Å². The Balaban J connectivity index is 1.82. The molecule has 0 aliphatic carbocycles. The molecule has 0 bridgehead atoms. The van der Waals surface area contributed by atoms with Crippen molar-refractivity contribution >= 4 is 22.6 Å². The maximum atomic E-state index is 12.2. The van der Waals surface area contributed by atoms with E-state index in [1.807, 2.05) is 19.1 Å². The lowest BCUT2D eigenvalue weighted by Gasteiger charge is -2.05. The highest BCUT2D eigenvalue weighted by Crippen LogP contribution is 2.20. The Kier molecular flexibility index (Phi) is 3.72. The second-order valence-corrected chi connectivity index (χ2v) is 5.00. The van der Waals surface area contributed by atoms with Crippen LogP contribution >= 0.6 is 0 Å². The number of carbonyl (C=O) groups excluding carboxylic acids is 1. The number of nitro groups is 1. The Labute approximate surface area is 131 Å². The minimum Gasteiger partial charge on any atom is -0.423 e. The molecule has 6 nitrogen and oxygen atoms in total. The third-order valence-corrected chi connectivity index (χ3v) is 3.32. The maximum Gasteiger partial charge on any atom is 0.343 e. The van der Waals surface area contributed by atoms with Gasteiger partial charge in [-0.15, -0.1) is 0 Å². The first kappa shape index (κ1) is 14.6. The van der Waals surface area contributed by atoms with Gasteiger partial charge >= 0.3 is 5.97 Å². The first-order valence-corrected chi connectivity index (χ1v) is 6.87. The normalized spacial score (nSPS) is 10.5. The molecule has 3 rings (SSSR count). The molecule has 0 amide bonds. The van der Waals surface area contributed by atoms with Crippen LogP contribution in [0.15, 0.2) is 54.6 Å². The molecule has 0 saturated heterocycles. The van der Waals surface area contributed by atoms with Crippen LogP contribution in [-0.4, -0.2) is 15.9 Å². The number of nitro benzene ring substituents is 1. The minimum absolute atomic E-state index is 0.0584. The highest BCUT2D eigenvalue weighted by Gasteiger charge is 2.11. The van der Waals surface area contributed by atoms with Gasteiger partial charge < -0.3 is 4.74 Å². The molecule has 114 valence electrons. The molecule has 1 heterocycles. The molecule has 0 N–H and O–H groups in total. The van der Waals surface area contributed by atoms with Crippen molar-refractivity contribution in [1.29, 1.82) is 0 Å². The Hall–Kier alpha value is -3.28. The number of nitrogens with zero attached hydrogens (tertiary/aromatic N) is 2. The topological polar surface area (TPSA) is 82.3 Å². The minimum atomic E-state index is -0.527. The molecule has 2 aromatic carbocycles. The SMILES string of the molecule is Cc1ccc2cc(C(=O)Oc3ccc([N+](=O)[O-])cc3)ccc2n1. The summed E-state index contributed by atoms with van der Waals surface area (Å²) in [7, 11) is 0. The highest BCUT2D eigenvalue weighted by molar-refractivity contribution is 5.95. The van der Waals surface area contributed by atoms with Gasteiger partial charge in [0.05, 0.1) is 16.0 Å². The lowest BCUT2D eigenvalue weighted by molar-refractivity contribution is -0.384. The maximum absolute atomic E-state index is 12.2. The zero-order valence-electron chi connectivity index (χ0n) is 12.2. The number of carbonyl (C=O) groups is 1. The number of esters is 1. The van der Waals surface area contributed by atoms with E-state index in [9.17, 15) is 14.9 Å². The molecule has 0 atom stereocenters. The van der Waals surface area contributed by atoms with Crippen LogP contribution in [0.3, 0.4) is 0 Å². The summed E-state index contributed by atoms with van der Waals surface area (Å²) in [6, 6.07) is 14.2. The van der Waals surface area contributed by atoms with Crippen LogP contribution in [0.5, 0.6) is 5.75 Å². The number of non-ortho nitro benzene ring substituents is 1. The van der Waals surface area contributed by atoms with Crippen LogP contribution < -0.4 is 4.74 Å². The number of rotatable bonds is 3. The lowest BCUT2D eigenvalue weighted by Crippen LogP contribution is -2.08. The van der Waals surface area contributed by atoms with Crippen molar-refractivity contribution in [3.8, 4) is 5.75 Å². The third kappa shape index (κ3) is 3.16. The predicted molar refractivity (Wildman–Crippen MR) is 84.5 cm³/mol. The molecule has 1 aromatic heterocycles. The largest absolute Gasteiger partial charge is 0.423 e. The summed E-state index contributed by atoms with van der Waals surface area (Å²) in [5.41, 5.74) is 2.04. The number of aryl methyl sites for hydroxylation is 1. The summed E-state index contributed by atoms with van der Waals surface area (Å²) in [4.78, 5) is 26.6. The quantitative estimate of drug-likeness (QED) is 0.319. The summed E-state index contributed by atoms with van der Waals surface area (Å²) in [5, 5.41) is 11.4. The Morgan fingerprint density at radius 1 is 1.09 bits per heavy atom. The van der Waals surface area contributed by atoms with Crippen molar-refractivity contribution in [3.05, 3.63) is 76.0 Å². The van der Waals surface area contributed by atoms with E-state index in [4.69, 9.17) is 4.74 Å². The average Bonchev–Trinajstić information content (AvgIpc) is 2.54. The number of pyridine rings is 1. The van der Waals surface area contributed by atoms with Crippen molar-refractivity contribution in [2.45, 2.75) is 6.92 Å². The summed E-state index contributed by atoms with van der Waals surface area (Å²) in [6.07, 6.45) is 0. The standard InChI is InChI=1S/C17H12N2O4/c1-11-2-3-12-10-13(4-9-16(12)18-11)17(20)23-15-7-5-14(6-8-15)19(21)22/h2-10H,1H3. The van der Waals surface area contributed by atoms with Crippen molar-refractivity contribution in [3.63, 3.8) is 0 Å². The van der Waals surface area contributed by atoms with E-state index in [-0.39, 0.29) is 11.4 Å². The molecular formula is C17H12N2O4. The van der Waals surface area contributed by atoms with Gasteiger partial charge in [0.1, 0.15) is 5.75 Å². The van der Waals surface area contributed by atoms with Crippen molar-refractivity contribution < 1.29 is 14.5 Å². The van der Waals surface area contributed by atoms with Gasteiger partial charge in [0.2, 0.25) is 0 Å². The number of ether oxygens (including phenoxy) is 1. The van der Waals surface area contributed by atoms with Crippen LogP contribution in [0.2, 0.25) is 0 Å². The van der Waals surface area contributed by atoms with Crippen LogP contribution in [0.4, 0.5) is 5.69 Å². The summed E-state index contributed by atoms with van der Waals surface area (Å²) >= 11 is 0. The van der Waals surface area contributed by atoms with Crippen LogP contribution in [0, 0.1) is 17.0 Å². The zero-order chi connectivity index (χ0) is 16.4. The van der Waals surface area contributed by atoms with E-state index < -0.39 is 10.9 Å². The molecule has 0 aliphatic rings. The number of hydrogen-bond donors (Lipinski definition) is 0. The van der Waals surface area contributed by atoms with Crippen molar-refractivity contribution in [2.24, 2.45) is 0 Å². The fourth-order valence-corrected chi connectivity index (χ4v) is 2.16. The van der Waals surface area contributed by atoms with Crippen LogP contribution in [0.25, 0.3) is 10.9 Å². The Morgan fingerprint density at radius 3 is 2.52 bits per heavy atom. The highest BCUT2D eigenvalue weighted by atomic mass is 16.6. The van der Waals surface area contributed by atoms with Crippen molar-refractivity contribution in [1.82, 2.24) is 4.98 Å². The first-order chi connectivity index (χ1) is 11.0. The molecule has 0 unspecified atom stereocenters. The van der Waals surface area contributed by atoms with Crippen LogP contribution in [-0.2, 0) is 0 Å². The fourth-order valence-electron chi connectivity index (χ4n) is 2.16. The number of benzene rings is 2. The van der Waals surface area contributed by atoms with Gasteiger partial charge in [-0.05, 0) is 43.3 Å². The Morgan fingerprint density at radius 2 is 1.83 bits per heavy atom. The fraction of sp³-hybridized carbons (Fsp3) is 0.0588. The van der Waals surface area contributed by atoms with Gasteiger partial charge in [-0.25, -0.2) is 4.79 Å². The van der Waals surface area contributed by atoms with Gasteiger partial charge in [0.15, 0.2) is 0 Å². The smallest absolute Gasteiger partial charge is 0.343 e. The van der Waals surface area contributed by atoms with E-state index in [1.165, 1.54) is 24.3 Å². The predicted octanol–water partition coefficient (Wildman–Crippen LogP) is 3.67. The molecule has 0 fully saturated rings. The first-order valence-electron chi connectivity index (χ1n) is 6.87. The summed E-state index contributed by atoms with van der Waals surface area (Å²) in [5.74, 6) is -0.274. The van der Waals surface area contributed by atoms with E-state index in [0.29, 0.717) is 5.56 Å². The molecule has 0 radical (unpaired) electrons. The summed E-state index contributed by atoms with van der Waals surface area (Å²) in [6.45, 7) is 1.90. The summed E-state index contributed by atoms with van der Waals surface area (Å²) < 4.78 is 5.23. The van der Waals surface area contributed by atoms with E-state index in [2.05, 4.69) is 4.98 Å². The molecule has 3 aromatic rings. The molecular weight excluding hydrogens is 296 g/mol. The Bertz CT molecular complexity index is 904. The molecule has 23 heavy (non-hydrogen) atoms. The number of hydrogen-bond acceptors (Lipinski definition) is 5. The van der Waals surface area contributed by atoms with Crippen molar-refractivity contribution in [2.75, 3.05) is 0 Å². The second kappa shape index (κ2) is 5.84. The molecule has 0 aliphatic heterocycles. The molecule has 0 spiro atoms. The molecule has 6 heteroatoms. The number of aromatic nitrogens is 1. The van der Waals surface area contributed by atoms with Gasteiger partial charge in [0.25, 0.3) is 5.69 Å². The molecule has 0 saturated carbocycles. The third-order valence-electron chi connectivity index (χ3n) is 3.32. The van der Waals surface area contributed by atoms with Gasteiger partial charge in [-0.3, -0.25) is 15.1 Å². The van der Waals surface area contributed by atoms with Gasteiger partial charge in [-0.2, -0.15) is 0 Å². The monoisotopic (exact) mass is 308 g/mol. The van der Waals surface area contributed by atoms with Crippen LogP contribution in [0.1, 0.15) is 16.1 Å². The second-order valence-electron chi connectivity index (χ2n) is 5.00. The van der Waals surface area contributed by atoms with Gasteiger partial charge in [0, 0.05) is 23.2 Å². The van der Waals surface area contributed by atoms with E-state index in [0.717, 1.165) is 16.6 Å².